The Morgan fingerprint density at radius 1 is 0.812 bits per heavy atom. The SMILES string of the molecule is CCCCOCCCCCC(=O)OCC(COC(=O)C(C)(C)CC)OC(=O)CCC(=O)O. The molecule has 0 rings (SSSR count). The number of rotatable bonds is 19. The van der Waals surface area contributed by atoms with E-state index in [9.17, 15) is 19.2 Å². The van der Waals surface area contributed by atoms with E-state index >= 15 is 0 Å². The van der Waals surface area contributed by atoms with Gasteiger partial charge in [-0.25, -0.2) is 0 Å². The monoisotopic (exact) mass is 460 g/mol. The maximum atomic E-state index is 12.2. The van der Waals surface area contributed by atoms with Gasteiger partial charge in [0, 0.05) is 19.6 Å². The Labute approximate surface area is 191 Å². The molecule has 9 heteroatoms. The Bertz CT molecular complexity index is 572. The molecule has 186 valence electrons. The lowest BCUT2D eigenvalue weighted by Crippen LogP contribution is -2.34. The van der Waals surface area contributed by atoms with Crippen molar-refractivity contribution in [1.82, 2.24) is 0 Å². The van der Waals surface area contributed by atoms with E-state index in [1.54, 1.807) is 13.8 Å². The molecule has 0 fully saturated rings. The molecule has 0 aromatic heterocycles. The van der Waals surface area contributed by atoms with Crippen molar-refractivity contribution < 1.29 is 43.2 Å². The Balaban J connectivity index is 4.42. The number of carbonyl (C=O) groups excluding carboxylic acids is 3. The summed E-state index contributed by atoms with van der Waals surface area (Å²) in [5.41, 5.74) is -0.700. The first kappa shape index (κ1) is 29.8. The largest absolute Gasteiger partial charge is 0.481 e. The Morgan fingerprint density at radius 2 is 1.47 bits per heavy atom. The highest BCUT2D eigenvalue weighted by Gasteiger charge is 2.29. The van der Waals surface area contributed by atoms with Crippen molar-refractivity contribution in [2.45, 2.75) is 91.6 Å². The first-order valence-electron chi connectivity index (χ1n) is 11.4. The Kier molecular flexibility index (Phi) is 16.2. The fourth-order valence-electron chi connectivity index (χ4n) is 2.34. The molecule has 0 aromatic rings. The third kappa shape index (κ3) is 15.6. The van der Waals surface area contributed by atoms with E-state index < -0.39 is 35.4 Å². The van der Waals surface area contributed by atoms with Gasteiger partial charge in [-0.3, -0.25) is 19.2 Å². The third-order valence-electron chi connectivity index (χ3n) is 4.92. The second-order valence-electron chi connectivity index (χ2n) is 8.30. The quantitative estimate of drug-likeness (QED) is 0.175. The normalized spacial score (nSPS) is 12.1. The van der Waals surface area contributed by atoms with Crippen LogP contribution < -0.4 is 0 Å². The van der Waals surface area contributed by atoms with Gasteiger partial charge in [-0.2, -0.15) is 0 Å². The highest BCUT2D eigenvalue weighted by atomic mass is 16.6. The van der Waals surface area contributed by atoms with Gasteiger partial charge in [0.2, 0.25) is 0 Å². The van der Waals surface area contributed by atoms with Gasteiger partial charge in [0.15, 0.2) is 6.10 Å². The smallest absolute Gasteiger partial charge is 0.311 e. The number of carboxylic acids is 1. The van der Waals surface area contributed by atoms with E-state index in [0.29, 0.717) is 19.4 Å². The second-order valence-corrected chi connectivity index (χ2v) is 8.30. The van der Waals surface area contributed by atoms with Crippen molar-refractivity contribution in [3.63, 3.8) is 0 Å². The van der Waals surface area contributed by atoms with Crippen molar-refractivity contribution in [1.29, 1.82) is 0 Å². The molecule has 0 saturated carbocycles. The van der Waals surface area contributed by atoms with Crippen molar-refractivity contribution in [3.8, 4) is 0 Å². The van der Waals surface area contributed by atoms with Gasteiger partial charge in [-0.1, -0.05) is 26.7 Å². The highest BCUT2D eigenvalue weighted by molar-refractivity contribution is 5.77. The first-order chi connectivity index (χ1) is 15.1. The fourth-order valence-corrected chi connectivity index (χ4v) is 2.34. The average molecular weight is 461 g/mol. The van der Waals surface area contributed by atoms with Crippen LogP contribution >= 0.6 is 0 Å². The summed E-state index contributed by atoms with van der Waals surface area (Å²) in [6, 6.07) is 0. The van der Waals surface area contributed by atoms with Gasteiger partial charge >= 0.3 is 23.9 Å². The predicted octanol–water partition coefficient (Wildman–Crippen LogP) is 3.66. The summed E-state index contributed by atoms with van der Waals surface area (Å²) >= 11 is 0. The Morgan fingerprint density at radius 3 is 2.09 bits per heavy atom. The van der Waals surface area contributed by atoms with E-state index in [0.717, 1.165) is 32.3 Å². The second kappa shape index (κ2) is 17.4. The lowest BCUT2D eigenvalue weighted by atomic mass is 9.91. The number of hydrogen-bond acceptors (Lipinski definition) is 8. The van der Waals surface area contributed by atoms with Gasteiger partial charge in [0.25, 0.3) is 0 Å². The van der Waals surface area contributed by atoms with Crippen LogP contribution in [0.2, 0.25) is 0 Å². The molecule has 1 atom stereocenters. The topological polar surface area (TPSA) is 125 Å². The molecule has 0 spiro atoms. The van der Waals surface area contributed by atoms with E-state index in [-0.39, 0.29) is 32.5 Å². The maximum absolute atomic E-state index is 12.2. The van der Waals surface area contributed by atoms with Crippen LogP contribution in [-0.2, 0) is 38.1 Å². The van der Waals surface area contributed by atoms with E-state index in [2.05, 4.69) is 6.92 Å². The van der Waals surface area contributed by atoms with Gasteiger partial charge in [0.1, 0.15) is 13.2 Å². The zero-order chi connectivity index (χ0) is 24.4. The zero-order valence-corrected chi connectivity index (χ0v) is 20.0. The van der Waals surface area contributed by atoms with Gasteiger partial charge < -0.3 is 24.1 Å². The van der Waals surface area contributed by atoms with Gasteiger partial charge in [0.05, 0.1) is 18.3 Å². The van der Waals surface area contributed by atoms with Crippen LogP contribution in [0.25, 0.3) is 0 Å². The molecule has 0 aliphatic heterocycles. The lowest BCUT2D eigenvalue weighted by Gasteiger charge is -2.23. The van der Waals surface area contributed by atoms with Crippen LogP contribution in [0.4, 0.5) is 0 Å². The summed E-state index contributed by atoms with van der Waals surface area (Å²) < 4.78 is 21.0. The minimum Gasteiger partial charge on any atom is -0.481 e. The first-order valence-corrected chi connectivity index (χ1v) is 11.4. The summed E-state index contributed by atoms with van der Waals surface area (Å²) in [4.78, 5) is 46.6. The van der Waals surface area contributed by atoms with Gasteiger partial charge in [-0.15, -0.1) is 0 Å². The summed E-state index contributed by atoms with van der Waals surface area (Å²) in [7, 11) is 0. The molecule has 0 radical (unpaired) electrons. The highest BCUT2D eigenvalue weighted by Crippen LogP contribution is 2.21. The van der Waals surface area contributed by atoms with Crippen molar-refractivity contribution in [2.75, 3.05) is 26.4 Å². The molecule has 32 heavy (non-hydrogen) atoms. The van der Waals surface area contributed by atoms with Crippen LogP contribution in [-0.4, -0.2) is 61.5 Å². The summed E-state index contributed by atoms with van der Waals surface area (Å²) in [6.07, 6.45) is 3.57. The third-order valence-corrected chi connectivity index (χ3v) is 4.92. The zero-order valence-electron chi connectivity index (χ0n) is 20.0. The molecule has 0 heterocycles. The van der Waals surface area contributed by atoms with Crippen LogP contribution in [0, 0.1) is 5.41 Å². The number of ether oxygens (including phenoxy) is 4. The number of carbonyl (C=O) groups is 4. The molecule has 1 N–H and O–H groups in total. The minimum absolute atomic E-state index is 0.220. The van der Waals surface area contributed by atoms with Gasteiger partial charge in [-0.05, 0) is 39.5 Å². The van der Waals surface area contributed by atoms with Crippen molar-refractivity contribution >= 4 is 23.9 Å². The number of aliphatic carboxylic acids is 1. The molecule has 1 unspecified atom stereocenters. The molecule has 0 aromatic carbocycles. The van der Waals surface area contributed by atoms with Crippen molar-refractivity contribution in [3.05, 3.63) is 0 Å². The molecule has 0 bridgehead atoms. The van der Waals surface area contributed by atoms with E-state index in [4.69, 9.17) is 24.1 Å². The molecule has 0 aliphatic carbocycles. The lowest BCUT2D eigenvalue weighted by molar-refractivity contribution is -0.170. The van der Waals surface area contributed by atoms with Crippen LogP contribution in [0.1, 0.15) is 85.5 Å². The molecule has 9 nitrogen and oxygen atoms in total. The predicted molar refractivity (Wildman–Crippen MR) is 117 cm³/mol. The number of unbranched alkanes of at least 4 members (excludes halogenated alkanes) is 3. The molecular weight excluding hydrogens is 420 g/mol. The van der Waals surface area contributed by atoms with Crippen LogP contribution in [0.15, 0.2) is 0 Å². The average Bonchev–Trinajstić information content (AvgIpc) is 2.75. The van der Waals surface area contributed by atoms with Crippen LogP contribution in [0.5, 0.6) is 0 Å². The maximum Gasteiger partial charge on any atom is 0.311 e. The van der Waals surface area contributed by atoms with Crippen molar-refractivity contribution in [2.24, 2.45) is 5.41 Å². The van der Waals surface area contributed by atoms with Crippen LogP contribution in [0.3, 0.4) is 0 Å². The Hall–Kier alpha value is -2.16. The molecule has 0 amide bonds. The summed E-state index contributed by atoms with van der Waals surface area (Å²) in [6.45, 7) is 8.31. The number of esters is 3. The number of hydrogen-bond donors (Lipinski definition) is 1. The standard InChI is InChI=1S/C23H40O9/c1-5-7-14-29-15-10-8-9-11-20(26)30-16-18(32-21(27)13-12-19(24)25)17-31-22(28)23(3,4)6-2/h18H,5-17H2,1-4H3,(H,24,25). The summed E-state index contributed by atoms with van der Waals surface area (Å²) in [5.74, 6) is -2.79. The molecule has 0 saturated heterocycles. The minimum atomic E-state index is -1.13. The number of carboxylic acid groups (broad SMARTS) is 1. The fraction of sp³-hybridized carbons (Fsp3) is 0.826. The van der Waals surface area contributed by atoms with E-state index in [1.807, 2.05) is 6.92 Å². The molecule has 0 aliphatic rings. The van der Waals surface area contributed by atoms with E-state index in [1.165, 1.54) is 0 Å². The molecular formula is C23H40O9. The summed E-state index contributed by atoms with van der Waals surface area (Å²) in [5, 5.41) is 8.69.